The number of nitrogens with one attached hydrogen (secondary N) is 1. The molecule has 28 heavy (non-hydrogen) atoms. The third-order valence-electron chi connectivity index (χ3n) is 5.02. The quantitative estimate of drug-likeness (QED) is 0.541. The predicted molar refractivity (Wildman–Crippen MR) is 110 cm³/mol. The summed E-state index contributed by atoms with van der Waals surface area (Å²) in [6.07, 6.45) is 3.63. The summed E-state index contributed by atoms with van der Waals surface area (Å²) in [7, 11) is 4.13. The number of rotatable bonds is 6. The molecule has 6 heteroatoms. The molecule has 0 aliphatic heterocycles. The molecule has 0 bridgehead atoms. The Bertz CT molecular complexity index is 1060. The van der Waals surface area contributed by atoms with Crippen LogP contribution in [-0.4, -0.2) is 38.5 Å². The number of H-pyrrole nitrogens is 1. The van der Waals surface area contributed by atoms with Crippen molar-refractivity contribution in [2.45, 2.75) is 26.4 Å². The van der Waals surface area contributed by atoms with Crippen molar-refractivity contribution in [2.75, 3.05) is 14.1 Å². The average Bonchev–Trinajstić information content (AvgIpc) is 3.40. The number of nitrogens with zero attached hydrogens (tertiary/aromatic N) is 4. The van der Waals surface area contributed by atoms with Crippen LogP contribution in [0.1, 0.15) is 23.3 Å². The van der Waals surface area contributed by atoms with Crippen molar-refractivity contribution in [2.24, 2.45) is 0 Å². The standard InChI is InChI=1S/C22H25N5O/c1-15-10-11-19(28-15)18(26(3)4)12-27-14-25-21(17-8-6-5-7-9-17)22(27)20-16(2)23-13-24-20/h5-11,13-14,18H,12H2,1-4H3,(H,23,24)/t18-/m0/s1. The minimum absolute atomic E-state index is 0.0875. The van der Waals surface area contributed by atoms with E-state index in [0.29, 0.717) is 6.54 Å². The van der Waals surface area contributed by atoms with Crippen LogP contribution in [0.4, 0.5) is 0 Å². The molecular formula is C22H25N5O. The molecule has 1 atom stereocenters. The Balaban J connectivity index is 1.81. The van der Waals surface area contributed by atoms with Gasteiger partial charge in [-0.05, 0) is 40.1 Å². The van der Waals surface area contributed by atoms with Crippen LogP contribution in [0.5, 0.6) is 0 Å². The van der Waals surface area contributed by atoms with Crippen molar-refractivity contribution in [1.82, 2.24) is 24.4 Å². The van der Waals surface area contributed by atoms with E-state index in [1.54, 1.807) is 6.33 Å². The van der Waals surface area contributed by atoms with E-state index in [4.69, 9.17) is 9.40 Å². The van der Waals surface area contributed by atoms with Gasteiger partial charge in [-0.2, -0.15) is 0 Å². The lowest BCUT2D eigenvalue weighted by Crippen LogP contribution is -2.24. The molecule has 0 amide bonds. The van der Waals surface area contributed by atoms with Crippen LogP contribution in [-0.2, 0) is 6.54 Å². The number of aryl methyl sites for hydroxylation is 2. The monoisotopic (exact) mass is 375 g/mol. The van der Waals surface area contributed by atoms with Crippen LogP contribution < -0.4 is 0 Å². The Kier molecular flexibility index (Phi) is 4.88. The van der Waals surface area contributed by atoms with Gasteiger partial charge in [-0.3, -0.25) is 4.90 Å². The molecule has 0 fully saturated rings. The molecule has 3 aromatic heterocycles. The highest BCUT2D eigenvalue weighted by Gasteiger charge is 2.24. The number of imidazole rings is 2. The van der Waals surface area contributed by atoms with Crippen LogP contribution in [0, 0.1) is 13.8 Å². The van der Waals surface area contributed by atoms with Crippen molar-refractivity contribution in [3.8, 4) is 22.6 Å². The molecule has 0 unspecified atom stereocenters. The lowest BCUT2D eigenvalue weighted by atomic mass is 10.1. The van der Waals surface area contributed by atoms with Crippen molar-refractivity contribution in [3.05, 3.63) is 72.3 Å². The number of hydrogen-bond donors (Lipinski definition) is 1. The molecule has 0 saturated heterocycles. The third kappa shape index (κ3) is 3.39. The summed E-state index contributed by atoms with van der Waals surface area (Å²) in [5, 5.41) is 0. The molecule has 1 N–H and O–H groups in total. The molecule has 0 aliphatic rings. The van der Waals surface area contributed by atoms with Crippen LogP contribution in [0.3, 0.4) is 0 Å². The number of hydrogen-bond acceptors (Lipinski definition) is 4. The Labute approximate surface area is 164 Å². The third-order valence-corrected chi connectivity index (χ3v) is 5.02. The van der Waals surface area contributed by atoms with Crippen molar-refractivity contribution >= 4 is 0 Å². The van der Waals surface area contributed by atoms with Gasteiger partial charge < -0.3 is 14.0 Å². The number of aromatic amines is 1. The maximum absolute atomic E-state index is 5.93. The van der Waals surface area contributed by atoms with Gasteiger partial charge in [0.15, 0.2) is 0 Å². The van der Waals surface area contributed by atoms with E-state index >= 15 is 0 Å². The number of benzene rings is 1. The van der Waals surface area contributed by atoms with Gasteiger partial charge in [-0.15, -0.1) is 0 Å². The number of aromatic nitrogens is 4. The summed E-state index contributed by atoms with van der Waals surface area (Å²) < 4.78 is 8.10. The zero-order chi connectivity index (χ0) is 19.7. The predicted octanol–water partition coefficient (Wildman–Crippen LogP) is 4.45. The topological polar surface area (TPSA) is 62.9 Å². The fraction of sp³-hybridized carbons (Fsp3) is 0.273. The number of furan rings is 1. The Morgan fingerprint density at radius 2 is 1.82 bits per heavy atom. The van der Waals surface area contributed by atoms with Gasteiger partial charge in [0.2, 0.25) is 0 Å². The van der Waals surface area contributed by atoms with E-state index < -0.39 is 0 Å². The number of likely N-dealkylation sites (N-methyl/N-ethyl adjacent to an activating group) is 1. The summed E-state index contributed by atoms with van der Waals surface area (Å²) in [6.45, 7) is 4.72. The van der Waals surface area contributed by atoms with Crippen LogP contribution in [0.25, 0.3) is 22.6 Å². The van der Waals surface area contributed by atoms with E-state index in [0.717, 1.165) is 39.9 Å². The molecule has 0 radical (unpaired) electrons. The molecule has 6 nitrogen and oxygen atoms in total. The first-order valence-electron chi connectivity index (χ1n) is 9.38. The Morgan fingerprint density at radius 1 is 1.04 bits per heavy atom. The Hall–Kier alpha value is -3.12. The molecule has 144 valence electrons. The molecule has 4 rings (SSSR count). The van der Waals surface area contributed by atoms with Crippen LogP contribution in [0.2, 0.25) is 0 Å². The highest BCUT2D eigenvalue weighted by atomic mass is 16.3. The van der Waals surface area contributed by atoms with Gasteiger partial charge in [0.1, 0.15) is 17.2 Å². The van der Waals surface area contributed by atoms with Gasteiger partial charge in [-0.1, -0.05) is 30.3 Å². The average molecular weight is 375 g/mol. The zero-order valence-electron chi connectivity index (χ0n) is 16.7. The van der Waals surface area contributed by atoms with Gasteiger partial charge >= 0.3 is 0 Å². The van der Waals surface area contributed by atoms with Crippen molar-refractivity contribution in [3.63, 3.8) is 0 Å². The summed E-state index contributed by atoms with van der Waals surface area (Å²) in [4.78, 5) is 14.7. The van der Waals surface area contributed by atoms with E-state index in [1.807, 2.05) is 44.4 Å². The minimum atomic E-state index is 0.0875. The van der Waals surface area contributed by atoms with Crippen LogP contribution >= 0.6 is 0 Å². The summed E-state index contributed by atoms with van der Waals surface area (Å²) in [6, 6.07) is 14.4. The fourth-order valence-corrected chi connectivity index (χ4v) is 3.50. The molecule has 1 aromatic carbocycles. The summed E-state index contributed by atoms with van der Waals surface area (Å²) in [5.41, 5.74) is 4.97. The van der Waals surface area contributed by atoms with E-state index in [-0.39, 0.29) is 6.04 Å². The normalized spacial score (nSPS) is 12.6. The van der Waals surface area contributed by atoms with Gasteiger partial charge in [0, 0.05) is 17.8 Å². The largest absolute Gasteiger partial charge is 0.465 e. The van der Waals surface area contributed by atoms with E-state index in [1.165, 1.54) is 0 Å². The van der Waals surface area contributed by atoms with Crippen molar-refractivity contribution in [1.29, 1.82) is 0 Å². The first-order chi connectivity index (χ1) is 13.5. The highest BCUT2D eigenvalue weighted by Crippen LogP contribution is 2.33. The molecule has 0 saturated carbocycles. The van der Waals surface area contributed by atoms with Gasteiger partial charge in [0.05, 0.1) is 30.1 Å². The maximum atomic E-state index is 5.93. The molecular weight excluding hydrogens is 350 g/mol. The second kappa shape index (κ2) is 7.48. The van der Waals surface area contributed by atoms with E-state index in [9.17, 15) is 0 Å². The fourth-order valence-electron chi connectivity index (χ4n) is 3.50. The molecule has 0 spiro atoms. The molecule has 3 heterocycles. The van der Waals surface area contributed by atoms with Crippen molar-refractivity contribution < 1.29 is 4.42 Å². The first kappa shape index (κ1) is 18.3. The summed E-state index contributed by atoms with van der Waals surface area (Å²) in [5.74, 6) is 1.86. The molecule has 4 aromatic rings. The van der Waals surface area contributed by atoms with Crippen LogP contribution in [0.15, 0.2) is 59.5 Å². The highest BCUT2D eigenvalue weighted by molar-refractivity contribution is 5.77. The second-order valence-corrected chi connectivity index (χ2v) is 7.26. The minimum Gasteiger partial charge on any atom is -0.465 e. The lowest BCUT2D eigenvalue weighted by Gasteiger charge is -2.23. The second-order valence-electron chi connectivity index (χ2n) is 7.26. The maximum Gasteiger partial charge on any atom is 0.123 e. The van der Waals surface area contributed by atoms with Gasteiger partial charge in [-0.25, -0.2) is 9.97 Å². The SMILES string of the molecule is Cc1ccc([C@H](Cn2cnc(-c3ccccc3)c2-c2nc[nH]c2C)N(C)C)o1. The van der Waals surface area contributed by atoms with E-state index in [2.05, 4.69) is 51.7 Å². The molecule has 0 aliphatic carbocycles. The summed E-state index contributed by atoms with van der Waals surface area (Å²) >= 11 is 0. The zero-order valence-corrected chi connectivity index (χ0v) is 16.7. The first-order valence-corrected chi connectivity index (χ1v) is 9.38. The van der Waals surface area contributed by atoms with Gasteiger partial charge in [0.25, 0.3) is 0 Å². The lowest BCUT2D eigenvalue weighted by molar-refractivity contribution is 0.231. The smallest absolute Gasteiger partial charge is 0.123 e. The Morgan fingerprint density at radius 3 is 2.43 bits per heavy atom.